The Morgan fingerprint density at radius 3 is 2.27 bits per heavy atom. The van der Waals surface area contributed by atoms with Gasteiger partial charge < -0.3 is 24.5 Å². The minimum atomic E-state index is -1.08. The molecule has 1 aliphatic rings. The Morgan fingerprint density at radius 2 is 1.80 bits per heavy atom. The minimum Gasteiger partial charge on any atom is -0.477 e. The highest BCUT2D eigenvalue weighted by molar-refractivity contribution is 6.56. The molecular formula is C21H31BN2O6. The Kier molecular flexibility index (Phi) is 6.68. The molecule has 1 amide bonds. The van der Waals surface area contributed by atoms with Gasteiger partial charge in [-0.25, -0.2) is 14.6 Å². The molecule has 9 heteroatoms. The quantitative estimate of drug-likeness (QED) is 0.704. The van der Waals surface area contributed by atoms with Gasteiger partial charge in [0.1, 0.15) is 5.60 Å². The van der Waals surface area contributed by atoms with E-state index in [1.807, 2.05) is 27.7 Å². The van der Waals surface area contributed by atoms with Crippen molar-refractivity contribution in [1.82, 2.24) is 10.3 Å². The fraction of sp³-hybridized carbons (Fsp3) is 0.571. The van der Waals surface area contributed by atoms with Gasteiger partial charge in [0.25, 0.3) is 0 Å². The first-order chi connectivity index (χ1) is 13.6. The lowest BCUT2D eigenvalue weighted by Crippen LogP contribution is -2.41. The van der Waals surface area contributed by atoms with Crippen LogP contribution in [0.25, 0.3) is 6.08 Å². The first kappa shape index (κ1) is 23.9. The van der Waals surface area contributed by atoms with Gasteiger partial charge in [-0.3, -0.25) is 0 Å². The average Bonchev–Trinajstić information content (AvgIpc) is 2.77. The fourth-order valence-corrected chi connectivity index (χ4v) is 2.80. The predicted octanol–water partition coefficient (Wildman–Crippen LogP) is 3.63. The van der Waals surface area contributed by atoms with Crippen LogP contribution in [0, 0.1) is 6.92 Å². The number of hydrogen-bond donors (Lipinski definition) is 2. The molecule has 1 aromatic heterocycles. The molecule has 0 unspecified atom stereocenters. The first-order valence-electron chi connectivity index (χ1n) is 9.84. The highest BCUT2D eigenvalue weighted by Gasteiger charge is 2.52. The summed E-state index contributed by atoms with van der Waals surface area (Å²) >= 11 is 0. The monoisotopic (exact) mass is 418 g/mol. The molecule has 1 aromatic rings. The van der Waals surface area contributed by atoms with E-state index in [4.69, 9.17) is 14.0 Å². The van der Waals surface area contributed by atoms with E-state index in [0.29, 0.717) is 16.6 Å². The number of aryl methyl sites for hydroxylation is 1. The van der Waals surface area contributed by atoms with Crippen molar-refractivity contribution in [2.24, 2.45) is 0 Å². The van der Waals surface area contributed by atoms with Crippen molar-refractivity contribution in [2.45, 2.75) is 72.2 Å². The molecule has 0 spiro atoms. The van der Waals surface area contributed by atoms with Crippen LogP contribution in [0.3, 0.4) is 0 Å². The van der Waals surface area contributed by atoms with Crippen LogP contribution in [0.4, 0.5) is 4.79 Å². The zero-order chi connectivity index (χ0) is 22.9. The number of ether oxygens (including phenoxy) is 1. The van der Waals surface area contributed by atoms with Gasteiger partial charge in [-0.15, -0.1) is 0 Å². The van der Waals surface area contributed by atoms with Crippen molar-refractivity contribution in [3.63, 3.8) is 0 Å². The van der Waals surface area contributed by atoms with Gasteiger partial charge >= 0.3 is 19.2 Å². The molecule has 1 fully saturated rings. The number of aromatic nitrogens is 1. The smallest absolute Gasteiger partial charge is 0.477 e. The highest BCUT2D eigenvalue weighted by Crippen LogP contribution is 2.38. The molecule has 2 heterocycles. The summed E-state index contributed by atoms with van der Waals surface area (Å²) in [5, 5.41) is 11.9. The molecule has 0 atom stereocenters. The van der Waals surface area contributed by atoms with Gasteiger partial charge in [0.05, 0.1) is 11.2 Å². The summed E-state index contributed by atoms with van der Waals surface area (Å²) in [5.41, 5.74) is 0.137. The number of amides is 1. The van der Waals surface area contributed by atoms with Crippen LogP contribution in [-0.4, -0.2) is 52.6 Å². The van der Waals surface area contributed by atoms with Gasteiger partial charge in [0.2, 0.25) is 0 Å². The van der Waals surface area contributed by atoms with E-state index in [0.717, 1.165) is 0 Å². The SMILES string of the molecule is Cc1cc(C=C(CNC(=O)OC(C)(C)C)B2OC(C)(C)C(C)(C)O2)cnc1C(=O)O. The van der Waals surface area contributed by atoms with E-state index < -0.39 is 36.0 Å². The summed E-state index contributed by atoms with van der Waals surface area (Å²) < 4.78 is 17.6. The number of nitrogens with zero attached hydrogens (tertiary/aromatic N) is 1. The lowest BCUT2D eigenvalue weighted by molar-refractivity contribution is 0.00578. The van der Waals surface area contributed by atoms with Crippen LogP contribution in [0.2, 0.25) is 0 Å². The fourth-order valence-electron chi connectivity index (χ4n) is 2.80. The van der Waals surface area contributed by atoms with Crippen molar-refractivity contribution >= 4 is 25.3 Å². The summed E-state index contributed by atoms with van der Waals surface area (Å²) in [6, 6.07) is 1.72. The normalized spacial score (nSPS) is 18.3. The number of carbonyl (C=O) groups is 2. The van der Waals surface area contributed by atoms with Gasteiger partial charge in [-0.2, -0.15) is 0 Å². The second kappa shape index (κ2) is 8.39. The van der Waals surface area contributed by atoms with Crippen LogP contribution in [0.1, 0.15) is 70.1 Å². The maximum absolute atomic E-state index is 12.1. The Labute approximate surface area is 178 Å². The van der Waals surface area contributed by atoms with E-state index >= 15 is 0 Å². The molecular weight excluding hydrogens is 387 g/mol. The first-order valence-corrected chi connectivity index (χ1v) is 9.84. The molecule has 2 rings (SSSR count). The Bertz CT molecular complexity index is 842. The van der Waals surface area contributed by atoms with Crippen LogP contribution in [0.15, 0.2) is 17.7 Å². The zero-order valence-corrected chi connectivity index (χ0v) is 19.0. The van der Waals surface area contributed by atoms with Crippen LogP contribution in [0.5, 0.6) is 0 Å². The maximum Gasteiger partial charge on any atom is 0.492 e. The summed E-state index contributed by atoms with van der Waals surface area (Å²) in [5.74, 6) is -1.08. The van der Waals surface area contributed by atoms with Crippen molar-refractivity contribution in [3.8, 4) is 0 Å². The third-order valence-electron chi connectivity index (χ3n) is 5.05. The van der Waals surface area contributed by atoms with Crippen molar-refractivity contribution < 1.29 is 28.7 Å². The Balaban J connectivity index is 2.32. The van der Waals surface area contributed by atoms with Gasteiger partial charge in [-0.05, 0) is 78.1 Å². The van der Waals surface area contributed by atoms with Gasteiger partial charge in [0.15, 0.2) is 5.69 Å². The van der Waals surface area contributed by atoms with Crippen LogP contribution >= 0.6 is 0 Å². The minimum absolute atomic E-state index is 0.00351. The van der Waals surface area contributed by atoms with E-state index in [9.17, 15) is 14.7 Å². The number of aromatic carboxylic acids is 1. The average molecular weight is 418 g/mol. The molecule has 164 valence electrons. The number of carboxylic acids is 1. The lowest BCUT2D eigenvalue weighted by atomic mass is 9.77. The molecule has 0 saturated carbocycles. The van der Waals surface area contributed by atoms with Gasteiger partial charge in [0, 0.05) is 12.7 Å². The topological polar surface area (TPSA) is 107 Å². The number of pyridine rings is 1. The predicted molar refractivity (Wildman–Crippen MR) is 114 cm³/mol. The molecule has 0 radical (unpaired) electrons. The van der Waals surface area contributed by atoms with Crippen LogP contribution < -0.4 is 5.32 Å². The number of carboxylic acid groups (broad SMARTS) is 1. The molecule has 8 nitrogen and oxygen atoms in total. The second-order valence-electron chi connectivity index (χ2n) is 9.40. The Morgan fingerprint density at radius 1 is 1.23 bits per heavy atom. The largest absolute Gasteiger partial charge is 0.492 e. The molecule has 30 heavy (non-hydrogen) atoms. The number of rotatable bonds is 5. The number of alkyl carbamates (subject to hydrolysis) is 1. The molecule has 0 aromatic carbocycles. The van der Waals surface area contributed by atoms with Gasteiger partial charge in [-0.1, -0.05) is 6.08 Å². The Hall–Kier alpha value is -2.39. The number of carbonyl (C=O) groups excluding carboxylic acids is 1. The molecule has 1 saturated heterocycles. The summed E-state index contributed by atoms with van der Waals surface area (Å²) in [7, 11) is -0.690. The summed E-state index contributed by atoms with van der Waals surface area (Å²) in [4.78, 5) is 27.4. The highest BCUT2D eigenvalue weighted by atomic mass is 16.7. The molecule has 0 aliphatic carbocycles. The van der Waals surface area contributed by atoms with E-state index in [1.54, 1.807) is 39.8 Å². The molecule has 0 bridgehead atoms. The second-order valence-corrected chi connectivity index (χ2v) is 9.40. The van der Waals surface area contributed by atoms with Crippen molar-refractivity contribution in [3.05, 3.63) is 34.6 Å². The van der Waals surface area contributed by atoms with E-state index in [1.165, 1.54) is 6.20 Å². The van der Waals surface area contributed by atoms with E-state index in [2.05, 4.69) is 10.3 Å². The standard InChI is InChI=1S/C21H31BN2O6/c1-13-9-14(11-23-16(13)17(25)26)10-15(12-24-18(27)28-19(2,3)4)22-29-20(5,6)21(7,8)30-22/h9-11H,12H2,1-8H3,(H,24,27)(H,25,26). The number of hydrogen-bond acceptors (Lipinski definition) is 6. The lowest BCUT2D eigenvalue weighted by Gasteiger charge is -2.32. The maximum atomic E-state index is 12.1. The summed E-state index contributed by atoms with van der Waals surface area (Å²) in [6.45, 7) is 15.0. The summed E-state index contributed by atoms with van der Waals surface area (Å²) in [6.07, 6.45) is 2.70. The third-order valence-corrected chi connectivity index (χ3v) is 5.05. The van der Waals surface area contributed by atoms with Crippen molar-refractivity contribution in [1.29, 1.82) is 0 Å². The van der Waals surface area contributed by atoms with E-state index in [-0.39, 0.29) is 12.2 Å². The van der Waals surface area contributed by atoms with Crippen LogP contribution in [-0.2, 0) is 14.0 Å². The molecule has 1 aliphatic heterocycles. The number of nitrogens with one attached hydrogen (secondary N) is 1. The van der Waals surface area contributed by atoms with Crippen molar-refractivity contribution in [2.75, 3.05) is 6.54 Å². The third kappa shape index (κ3) is 5.83. The zero-order valence-electron chi connectivity index (χ0n) is 19.0. The molecule has 2 N–H and O–H groups in total.